The molecule has 1 heterocycles. The van der Waals surface area contributed by atoms with Gasteiger partial charge in [-0.2, -0.15) is 5.10 Å². The first kappa shape index (κ1) is 15.7. The fraction of sp³-hybridized carbons (Fsp3) is 0.167. The molecule has 0 radical (unpaired) electrons. The van der Waals surface area contributed by atoms with Gasteiger partial charge < -0.3 is 10.1 Å². The summed E-state index contributed by atoms with van der Waals surface area (Å²) in [6.07, 6.45) is 1.48. The molecule has 6 nitrogen and oxygen atoms in total. The summed E-state index contributed by atoms with van der Waals surface area (Å²) >= 11 is 0. The van der Waals surface area contributed by atoms with E-state index in [4.69, 9.17) is 4.74 Å². The average Bonchev–Trinajstić information content (AvgIpc) is 2.84. The zero-order chi connectivity index (χ0) is 17.2. The van der Waals surface area contributed by atoms with Crippen LogP contribution in [0.2, 0.25) is 0 Å². The van der Waals surface area contributed by atoms with Gasteiger partial charge in [-0.25, -0.2) is 4.79 Å². The Bertz CT molecular complexity index is 787. The third-order valence-electron chi connectivity index (χ3n) is 3.96. The van der Waals surface area contributed by atoms with Crippen molar-refractivity contribution in [2.75, 3.05) is 7.11 Å². The molecule has 1 N–H and O–H groups in total. The fourth-order valence-corrected chi connectivity index (χ4v) is 2.51. The smallest absolute Gasteiger partial charge is 0.346 e. The van der Waals surface area contributed by atoms with E-state index < -0.39 is 17.5 Å². The van der Waals surface area contributed by atoms with Gasteiger partial charge in [0.25, 0.3) is 5.91 Å². The highest BCUT2D eigenvalue weighted by Crippen LogP contribution is 2.30. The van der Waals surface area contributed by atoms with Crippen LogP contribution in [-0.4, -0.2) is 30.3 Å². The maximum Gasteiger partial charge on any atom is 0.346 e. The lowest BCUT2D eigenvalue weighted by Gasteiger charge is -2.21. The molecule has 0 bridgehead atoms. The van der Waals surface area contributed by atoms with Crippen LogP contribution in [0.5, 0.6) is 5.75 Å². The van der Waals surface area contributed by atoms with Crippen molar-refractivity contribution in [2.45, 2.75) is 12.5 Å². The van der Waals surface area contributed by atoms with Crippen LogP contribution in [0, 0.1) is 0 Å². The van der Waals surface area contributed by atoms with Crippen LogP contribution in [0.4, 0.5) is 4.79 Å². The normalized spacial score (nSPS) is 20.5. The van der Waals surface area contributed by atoms with Gasteiger partial charge in [0.1, 0.15) is 11.3 Å². The molecule has 1 aliphatic heterocycles. The third-order valence-corrected chi connectivity index (χ3v) is 3.96. The Kier molecular flexibility index (Phi) is 4.04. The number of carbonyl (C=O) groups is 2. The molecule has 1 atom stereocenters. The largest absolute Gasteiger partial charge is 0.497 e. The zero-order valence-corrected chi connectivity index (χ0v) is 13.4. The van der Waals surface area contributed by atoms with E-state index in [-0.39, 0.29) is 0 Å². The van der Waals surface area contributed by atoms with Gasteiger partial charge in [-0.1, -0.05) is 42.5 Å². The van der Waals surface area contributed by atoms with Gasteiger partial charge in [-0.3, -0.25) is 4.79 Å². The Morgan fingerprint density at radius 1 is 1.08 bits per heavy atom. The first-order chi connectivity index (χ1) is 11.5. The van der Waals surface area contributed by atoms with Gasteiger partial charge in [-0.15, -0.1) is 5.01 Å². The standard InChI is InChI=1S/C18H17N3O3/c1-18(14-8-10-15(24-2)11-9-14)16(22)21(17(23)20-18)19-12-13-6-4-3-5-7-13/h3-12H,1-2H3,(H,20,23)/b19-12-/t18-/m0/s1. The number of carbonyl (C=O) groups excluding carboxylic acids is 2. The zero-order valence-electron chi connectivity index (χ0n) is 13.4. The summed E-state index contributed by atoms with van der Waals surface area (Å²) in [7, 11) is 1.57. The Labute approximate surface area is 139 Å². The number of urea groups is 1. The second kappa shape index (κ2) is 6.16. The summed E-state index contributed by atoms with van der Waals surface area (Å²) in [5.74, 6) is 0.253. The summed E-state index contributed by atoms with van der Waals surface area (Å²) in [4.78, 5) is 24.9. The molecule has 2 aromatic carbocycles. The van der Waals surface area contributed by atoms with Crippen molar-refractivity contribution in [3.63, 3.8) is 0 Å². The molecule has 2 aromatic rings. The van der Waals surface area contributed by atoms with Gasteiger partial charge in [0.2, 0.25) is 0 Å². The molecular weight excluding hydrogens is 306 g/mol. The first-order valence-corrected chi connectivity index (χ1v) is 7.45. The lowest BCUT2D eigenvalue weighted by Crippen LogP contribution is -2.40. The van der Waals surface area contributed by atoms with Crippen LogP contribution in [0.25, 0.3) is 0 Å². The van der Waals surface area contributed by atoms with E-state index in [1.807, 2.05) is 30.3 Å². The molecular formula is C18H17N3O3. The van der Waals surface area contributed by atoms with Crippen molar-refractivity contribution in [3.05, 3.63) is 65.7 Å². The minimum absolute atomic E-state index is 0.426. The maximum atomic E-state index is 12.7. The second-order valence-corrected chi connectivity index (χ2v) is 5.56. The van der Waals surface area contributed by atoms with Crippen molar-refractivity contribution in [3.8, 4) is 5.75 Å². The number of methoxy groups -OCH3 is 1. The van der Waals surface area contributed by atoms with Crippen LogP contribution in [0.3, 0.4) is 0 Å². The number of amides is 3. The summed E-state index contributed by atoms with van der Waals surface area (Å²) in [5.41, 5.74) is 0.312. The molecule has 0 saturated carbocycles. The first-order valence-electron chi connectivity index (χ1n) is 7.45. The molecule has 6 heteroatoms. The van der Waals surface area contributed by atoms with Crippen LogP contribution >= 0.6 is 0 Å². The number of hydrazone groups is 1. The summed E-state index contributed by atoms with van der Waals surface area (Å²) < 4.78 is 5.12. The molecule has 3 amide bonds. The summed E-state index contributed by atoms with van der Waals surface area (Å²) in [5, 5.41) is 7.59. The highest BCUT2D eigenvalue weighted by Gasteiger charge is 2.49. The number of ether oxygens (including phenoxy) is 1. The van der Waals surface area contributed by atoms with E-state index >= 15 is 0 Å². The Hall–Kier alpha value is -3.15. The molecule has 1 aliphatic rings. The maximum absolute atomic E-state index is 12.7. The molecule has 0 aromatic heterocycles. The predicted octanol–water partition coefficient (Wildman–Crippen LogP) is 2.50. The predicted molar refractivity (Wildman–Crippen MR) is 89.8 cm³/mol. The van der Waals surface area contributed by atoms with Crippen LogP contribution in [0.1, 0.15) is 18.1 Å². The highest BCUT2D eigenvalue weighted by molar-refractivity contribution is 6.07. The quantitative estimate of drug-likeness (QED) is 0.694. The summed E-state index contributed by atoms with van der Waals surface area (Å²) in [6, 6.07) is 15.7. The molecule has 1 fully saturated rings. The molecule has 0 aliphatic carbocycles. The number of nitrogens with one attached hydrogen (secondary N) is 1. The monoisotopic (exact) mass is 323 g/mol. The highest BCUT2D eigenvalue weighted by atomic mass is 16.5. The molecule has 1 saturated heterocycles. The molecule has 122 valence electrons. The van der Waals surface area contributed by atoms with E-state index in [1.54, 1.807) is 38.3 Å². The number of benzene rings is 2. The molecule has 24 heavy (non-hydrogen) atoms. The molecule has 0 unspecified atom stereocenters. The molecule has 0 spiro atoms. The number of rotatable bonds is 4. The lowest BCUT2D eigenvalue weighted by molar-refractivity contribution is -0.131. The van der Waals surface area contributed by atoms with Crippen LogP contribution < -0.4 is 10.1 Å². The van der Waals surface area contributed by atoms with E-state index in [9.17, 15) is 9.59 Å². The van der Waals surface area contributed by atoms with Gasteiger partial charge >= 0.3 is 6.03 Å². The second-order valence-electron chi connectivity index (χ2n) is 5.56. The number of hydrogen-bond donors (Lipinski definition) is 1. The van der Waals surface area contributed by atoms with Crippen molar-refractivity contribution in [1.82, 2.24) is 10.3 Å². The van der Waals surface area contributed by atoms with Gasteiger partial charge in [0, 0.05) is 0 Å². The number of nitrogens with zero attached hydrogens (tertiary/aromatic N) is 2. The lowest BCUT2D eigenvalue weighted by atomic mass is 9.92. The van der Waals surface area contributed by atoms with Crippen molar-refractivity contribution >= 4 is 18.2 Å². The minimum atomic E-state index is -1.16. The summed E-state index contributed by atoms with van der Waals surface area (Å²) in [6.45, 7) is 1.66. The van der Waals surface area contributed by atoms with E-state index in [2.05, 4.69) is 10.4 Å². The SMILES string of the molecule is COc1ccc([C@]2(C)NC(=O)N(/N=C\c3ccccc3)C2=O)cc1. The number of hydrogen-bond acceptors (Lipinski definition) is 4. The third kappa shape index (κ3) is 2.74. The van der Waals surface area contributed by atoms with Gasteiger partial charge in [0.05, 0.1) is 13.3 Å². The molecule has 3 rings (SSSR count). The van der Waals surface area contributed by atoms with Crippen LogP contribution in [-0.2, 0) is 10.3 Å². The number of imide groups is 1. The average molecular weight is 323 g/mol. The minimum Gasteiger partial charge on any atom is -0.497 e. The van der Waals surface area contributed by atoms with Crippen LogP contribution in [0.15, 0.2) is 59.7 Å². The van der Waals surface area contributed by atoms with E-state index in [1.165, 1.54) is 6.21 Å². The Morgan fingerprint density at radius 3 is 2.38 bits per heavy atom. The van der Waals surface area contributed by atoms with Crippen molar-refractivity contribution < 1.29 is 14.3 Å². The van der Waals surface area contributed by atoms with Gasteiger partial charge in [-0.05, 0) is 30.2 Å². The Morgan fingerprint density at radius 2 is 1.75 bits per heavy atom. The topological polar surface area (TPSA) is 71.0 Å². The Balaban J connectivity index is 1.86. The van der Waals surface area contributed by atoms with E-state index in [0.29, 0.717) is 11.3 Å². The van der Waals surface area contributed by atoms with E-state index in [0.717, 1.165) is 10.6 Å². The van der Waals surface area contributed by atoms with Gasteiger partial charge in [0.15, 0.2) is 0 Å². The van der Waals surface area contributed by atoms with Crippen molar-refractivity contribution in [2.24, 2.45) is 5.10 Å². The van der Waals surface area contributed by atoms with Crippen molar-refractivity contribution in [1.29, 1.82) is 0 Å². The fourth-order valence-electron chi connectivity index (χ4n) is 2.51.